The van der Waals surface area contributed by atoms with Crippen LogP contribution in [0, 0.1) is 6.92 Å². The summed E-state index contributed by atoms with van der Waals surface area (Å²) >= 11 is 0. The third-order valence-corrected chi connectivity index (χ3v) is 11.5. The van der Waals surface area contributed by atoms with Crippen molar-refractivity contribution in [3.63, 3.8) is 0 Å². The molecule has 0 spiro atoms. The summed E-state index contributed by atoms with van der Waals surface area (Å²) in [5.41, 5.74) is 17.3. The molecule has 0 saturated carbocycles. The quantitative estimate of drug-likeness (QED) is 0.168. The first-order valence-corrected chi connectivity index (χ1v) is 19.4. The van der Waals surface area contributed by atoms with E-state index in [9.17, 15) is 0 Å². The van der Waals surface area contributed by atoms with E-state index in [1.54, 1.807) is 0 Å². The van der Waals surface area contributed by atoms with E-state index in [0.29, 0.717) is 0 Å². The van der Waals surface area contributed by atoms with Crippen molar-refractivity contribution in [2.45, 2.75) is 112 Å². The molecule has 0 unspecified atom stereocenters. The van der Waals surface area contributed by atoms with Crippen LogP contribution in [-0.4, -0.2) is 6.71 Å². The van der Waals surface area contributed by atoms with Crippen molar-refractivity contribution >= 4 is 68.4 Å². The predicted molar refractivity (Wildman–Crippen MR) is 230 cm³/mol. The topological polar surface area (TPSA) is 19.6 Å². The molecule has 0 saturated heterocycles. The summed E-state index contributed by atoms with van der Waals surface area (Å²) in [5.74, 6) is 0.915. The van der Waals surface area contributed by atoms with Crippen molar-refractivity contribution in [3.8, 4) is 0 Å². The van der Waals surface area contributed by atoms with E-state index in [4.69, 9.17) is 4.42 Å². The first-order chi connectivity index (χ1) is 24.7. The first kappa shape index (κ1) is 35.3. The summed E-state index contributed by atoms with van der Waals surface area (Å²) in [6.07, 6.45) is 0. The number of furan rings is 1. The molecule has 0 radical (unpaired) electrons. The molecule has 0 bridgehead atoms. The zero-order valence-corrected chi connectivity index (χ0v) is 34.1. The summed E-state index contributed by atoms with van der Waals surface area (Å²) in [5, 5.41) is 1.18. The second-order valence-corrected chi connectivity index (χ2v) is 19.7. The molecule has 0 atom stereocenters. The van der Waals surface area contributed by atoms with Crippen LogP contribution >= 0.6 is 0 Å². The standard InChI is InChI=1S/C49H55BN2O/c1-30-26-40-44-41(27-30)52(36-22-16-32(17-23-36)47(5,6)7)45-43(37-24-18-34(49(11,12)13)29-42(37)53-45)50(44)38-28-33(48(8,9)10)19-25-39(38)51(40)35-20-14-31(15-21-35)46(2,3)4/h14-29H,1-13H3. The largest absolute Gasteiger partial charge is 0.440 e. The number of fused-ring (bicyclic) bond motifs is 6. The van der Waals surface area contributed by atoms with Gasteiger partial charge in [0.05, 0.1) is 0 Å². The minimum Gasteiger partial charge on any atom is -0.440 e. The van der Waals surface area contributed by atoms with Gasteiger partial charge in [0.2, 0.25) is 5.88 Å². The van der Waals surface area contributed by atoms with Gasteiger partial charge >= 0.3 is 0 Å². The second-order valence-electron chi connectivity index (χ2n) is 19.7. The number of hydrogen-bond acceptors (Lipinski definition) is 3. The number of rotatable bonds is 2. The van der Waals surface area contributed by atoms with Crippen molar-refractivity contribution in [2.75, 3.05) is 9.80 Å². The Labute approximate surface area is 318 Å². The Morgan fingerprint density at radius 2 is 0.906 bits per heavy atom. The van der Waals surface area contributed by atoms with Gasteiger partial charge in [-0.1, -0.05) is 132 Å². The van der Waals surface area contributed by atoms with Crippen LogP contribution in [0.1, 0.15) is 111 Å². The molecule has 2 aliphatic rings. The van der Waals surface area contributed by atoms with Gasteiger partial charge in [0.15, 0.2) is 0 Å². The predicted octanol–water partition coefficient (Wildman–Crippen LogP) is 12.0. The molecule has 6 aromatic rings. The maximum atomic E-state index is 7.16. The van der Waals surface area contributed by atoms with Crippen LogP contribution < -0.4 is 26.2 Å². The number of benzene rings is 5. The van der Waals surface area contributed by atoms with Crippen LogP contribution in [0.4, 0.5) is 34.3 Å². The Balaban J connectivity index is 1.47. The molecule has 0 N–H and O–H groups in total. The van der Waals surface area contributed by atoms with Crippen LogP contribution in [0.15, 0.2) is 101 Å². The summed E-state index contributed by atoms with van der Waals surface area (Å²) in [6, 6.07) is 37.3. The van der Waals surface area contributed by atoms with Gasteiger partial charge in [0.1, 0.15) is 5.58 Å². The van der Waals surface area contributed by atoms with E-state index in [0.717, 1.165) is 17.2 Å². The summed E-state index contributed by atoms with van der Waals surface area (Å²) in [7, 11) is 0. The molecule has 53 heavy (non-hydrogen) atoms. The minimum atomic E-state index is -0.0109. The highest BCUT2D eigenvalue weighted by atomic mass is 16.4. The molecule has 0 fully saturated rings. The molecular weight excluding hydrogens is 643 g/mol. The molecule has 3 heterocycles. The van der Waals surface area contributed by atoms with Crippen molar-refractivity contribution in [2.24, 2.45) is 0 Å². The fourth-order valence-corrected chi connectivity index (χ4v) is 8.35. The average Bonchev–Trinajstić information content (AvgIpc) is 3.45. The van der Waals surface area contributed by atoms with Crippen LogP contribution in [-0.2, 0) is 21.7 Å². The van der Waals surface area contributed by atoms with Gasteiger partial charge in [-0.25, -0.2) is 0 Å². The minimum absolute atomic E-state index is 0.000701. The summed E-state index contributed by atoms with van der Waals surface area (Å²) < 4.78 is 7.16. The van der Waals surface area contributed by atoms with E-state index >= 15 is 0 Å². The van der Waals surface area contributed by atoms with Crippen LogP contribution in [0.5, 0.6) is 0 Å². The Morgan fingerprint density at radius 3 is 1.43 bits per heavy atom. The summed E-state index contributed by atoms with van der Waals surface area (Å²) in [6.45, 7) is 29.7. The molecule has 3 nitrogen and oxygen atoms in total. The molecule has 270 valence electrons. The fraction of sp³-hybridized carbons (Fsp3) is 0.347. The SMILES string of the molecule is Cc1cc2c3c(c1)N(c1ccc(C(C)(C)C)cc1)c1oc4cc(C(C)(C)C)ccc4c1B3c1cc(C(C)(C)C)ccc1N2c1ccc(C(C)(C)C)cc1. The lowest BCUT2D eigenvalue weighted by Crippen LogP contribution is -2.61. The molecule has 1 aromatic heterocycles. The molecule has 8 rings (SSSR count). The van der Waals surface area contributed by atoms with E-state index in [1.165, 1.54) is 72.3 Å². The Kier molecular flexibility index (Phi) is 7.77. The second kappa shape index (κ2) is 11.7. The highest BCUT2D eigenvalue weighted by Crippen LogP contribution is 2.47. The maximum absolute atomic E-state index is 7.16. The average molecular weight is 699 g/mol. The Hall–Kier alpha value is -4.70. The summed E-state index contributed by atoms with van der Waals surface area (Å²) in [4.78, 5) is 4.92. The van der Waals surface area contributed by atoms with Crippen molar-refractivity contribution in [3.05, 3.63) is 125 Å². The van der Waals surface area contributed by atoms with Gasteiger partial charge in [-0.2, -0.15) is 0 Å². The molecule has 2 aliphatic heterocycles. The van der Waals surface area contributed by atoms with Crippen molar-refractivity contribution in [1.29, 1.82) is 0 Å². The van der Waals surface area contributed by atoms with E-state index in [-0.39, 0.29) is 28.4 Å². The Bertz CT molecular complexity index is 2390. The third kappa shape index (κ3) is 5.81. The van der Waals surface area contributed by atoms with E-state index < -0.39 is 0 Å². The number of anilines is 6. The lowest BCUT2D eigenvalue weighted by Gasteiger charge is -2.43. The normalized spacial score (nSPS) is 14.4. The molecule has 4 heteroatoms. The number of aryl methyl sites for hydroxylation is 1. The Morgan fingerprint density at radius 1 is 0.453 bits per heavy atom. The molecular formula is C49H55BN2O. The van der Waals surface area contributed by atoms with Gasteiger partial charge in [-0.05, 0) is 116 Å². The van der Waals surface area contributed by atoms with Crippen molar-refractivity contribution in [1.82, 2.24) is 0 Å². The van der Waals surface area contributed by atoms with E-state index in [2.05, 4.69) is 197 Å². The molecule has 0 amide bonds. The number of nitrogens with zero attached hydrogens (tertiary/aromatic N) is 2. The zero-order valence-electron chi connectivity index (χ0n) is 34.1. The van der Waals surface area contributed by atoms with Gasteiger partial charge in [-0.3, -0.25) is 4.90 Å². The highest BCUT2D eigenvalue weighted by Gasteiger charge is 2.46. The van der Waals surface area contributed by atoms with Gasteiger partial charge in [0.25, 0.3) is 6.71 Å². The first-order valence-electron chi connectivity index (χ1n) is 19.4. The lowest BCUT2D eigenvalue weighted by molar-refractivity contribution is 0.584. The zero-order chi connectivity index (χ0) is 38.0. The smallest absolute Gasteiger partial charge is 0.257 e. The van der Waals surface area contributed by atoms with Gasteiger partial charge in [-0.15, -0.1) is 0 Å². The van der Waals surface area contributed by atoms with E-state index in [1.807, 2.05) is 0 Å². The van der Waals surface area contributed by atoms with Crippen LogP contribution in [0.3, 0.4) is 0 Å². The lowest BCUT2D eigenvalue weighted by atomic mass is 9.33. The van der Waals surface area contributed by atoms with Crippen LogP contribution in [0.25, 0.3) is 11.0 Å². The molecule has 5 aromatic carbocycles. The highest BCUT2D eigenvalue weighted by molar-refractivity contribution is 7.01. The third-order valence-electron chi connectivity index (χ3n) is 11.5. The van der Waals surface area contributed by atoms with Gasteiger partial charge in [0, 0.05) is 39.3 Å². The monoisotopic (exact) mass is 698 g/mol. The fourth-order valence-electron chi connectivity index (χ4n) is 8.35. The number of hydrogen-bond donors (Lipinski definition) is 0. The van der Waals surface area contributed by atoms with Gasteiger partial charge < -0.3 is 9.32 Å². The maximum Gasteiger partial charge on any atom is 0.257 e. The molecule has 0 aliphatic carbocycles. The van der Waals surface area contributed by atoms with Crippen LogP contribution in [0.2, 0.25) is 0 Å². The van der Waals surface area contributed by atoms with Crippen molar-refractivity contribution < 1.29 is 4.42 Å².